The molecule has 0 saturated carbocycles. The molecule has 2 aliphatic heterocycles. The van der Waals surface area contributed by atoms with Crippen LogP contribution in [0.1, 0.15) is 36.2 Å². The van der Waals surface area contributed by atoms with E-state index >= 15 is 0 Å². The van der Waals surface area contributed by atoms with Crippen LogP contribution in [0.25, 0.3) is 0 Å². The standard InChI is InChI=1S/C18H26ClN3O4/c19-14-7-16(20-9-14)18(24)21-8-13-3-1-5-22(10-13)17(23)12-25-11-15-4-2-6-26-15/h7,9,13,15,20H,1-6,8,10-12H2,(H,21,24). The molecule has 2 N–H and O–H groups in total. The van der Waals surface area contributed by atoms with Crippen molar-refractivity contribution < 1.29 is 19.1 Å². The van der Waals surface area contributed by atoms with E-state index in [1.54, 1.807) is 12.3 Å². The maximum Gasteiger partial charge on any atom is 0.267 e. The van der Waals surface area contributed by atoms with Crippen LogP contribution in [0.15, 0.2) is 12.3 Å². The number of aromatic amines is 1. The van der Waals surface area contributed by atoms with E-state index < -0.39 is 0 Å². The van der Waals surface area contributed by atoms with Gasteiger partial charge in [0.2, 0.25) is 5.91 Å². The molecule has 3 heterocycles. The quantitative estimate of drug-likeness (QED) is 0.752. The normalized spacial score (nSPS) is 23.2. The number of ether oxygens (including phenoxy) is 2. The number of carbonyl (C=O) groups excluding carboxylic acids is 2. The van der Waals surface area contributed by atoms with Crippen LogP contribution in [0.5, 0.6) is 0 Å². The number of hydrogen-bond acceptors (Lipinski definition) is 4. The Morgan fingerprint density at radius 3 is 3.00 bits per heavy atom. The maximum atomic E-state index is 12.3. The lowest BCUT2D eigenvalue weighted by Crippen LogP contribution is -2.45. The van der Waals surface area contributed by atoms with E-state index in [0.29, 0.717) is 30.4 Å². The van der Waals surface area contributed by atoms with Gasteiger partial charge in [-0.25, -0.2) is 0 Å². The molecule has 2 atom stereocenters. The average Bonchev–Trinajstić information content (AvgIpc) is 3.31. The van der Waals surface area contributed by atoms with E-state index in [9.17, 15) is 9.59 Å². The van der Waals surface area contributed by atoms with E-state index in [1.165, 1.54) is 0 Å². The molecule has 0 aromatic carbocycles. The molecule has 1 aromatic rings. The summed E-state index contributed by atoms with van der Waals surface area (Å²) in [6.45, 7) is 3.30. The van der Waals surface area contributed by atoms with E-state index in [2.05, 4.69) is 10.3 Å². The molecule has 0 aliphatic carbocycles. The molecular formula is C18H26ClN3O4. The third-order valence-electron chi connectivity index (χ3n) is 4.87. The van der Waals surface area contributed by atoms with Crippen LogP contribution in [0.3, 0.4) is 0 Å². The van der Waals surface area contributed by atoms with Crippen molar-refractivity contribution in [1.82, 2.24) is 15.2 Å². The Morgan fingerprint density at radius 2 is 2.27 bits per heavy atom. The van der Waals surface area contributed by atoms with Gasteiger partial charge in [0.05, 0.1) is 17.7 Å². The summed E-state index contributed by atoms with van der Waals surface area (Å²) in [7, 11) is 0. The summed E-state index contributed by atoms with van der Waals surface area (Å²) in [5.74, 6) is 0.0793. The summed E-state index contributed by atoms with van der Waals surface area (Å²) >= 11 is 5.82. The van der Waals surface area contributed by atoms with Gasteiger partial charge in [0.15, 0.2) is 0 Å². The van der Waals surface area contributed by atoms with Gasteiger partial charge in [-0.1, -0.05) is 11.6 Å². The molecule has 144 valence electrons. The molecule has 2 aliphatic rings. The number of amides is 2. The van der Waals surface area contributed by atoms with Gasteiger partial charge in [-0.05, 0) is 37.7 Å². The first-order valence-corrected chi connectivity index (χ1v) is 9.59. The molecule has 0 bridgehead atoms. The molecule has 2 fully saturated rings. The van der Waals surface area contributed by atoms with Crippen molar-refractivity contribution in [2.45, 2.75) is 31.8 Å². The maximum absolute atomic E-state index is 12.3. The first kappa shape index (κ1) is 19.2. The van der Waals surface area contributed by atoms with Crippen LogP contribution in [0.2, 0.25) is 5.02 Å². The van der Waals surface area contributed by atoms with Crippen molar-refractivity contribution in [1.29, 1.82) is 0 Å². The second kappa shape index (κ2) is 9.39. The Bertz CT molecular complexity index is 615. The topological polar surface area (TPSA) is 83.7 Å². The average molecular weight is 384 g/mol. The zero-order valence-corrected chi connectivity index (χ0v) is 15.6. The Hall–Kier alpha value is -1.57. The molecule has 8 heteroatoms. The van der Waals surface area contributed by atoms with Crippen molar-refractivity contribution in [2.75, 3.05) is 39.5 Å². The summed E-state index contributed by atoms with van der Waals surface area (Å²) in [4.78, 5) is 29.1. The molecule has 0 radical (unpaired) electrons. The molecule has 0 spiro atoms. The summed E-state index contributed by atoms with van der Waals surface area (Å²) in [6, 6.07) is 1.60. The van der Waals surface area contributed by atoms with Crippen molar-refractivity contribution in [2.24, 2.45) is 5.92 Å². The van der Waals surface area contributed by atoms with E-state index in [1.807, 2.05) is 4.90 Å². The number of H-pyrrole nitrogens is 1. The predicted octanol–water partition coefficient (Wildman–Crippen LogP) is 1.83. The lowest BCUT2D eigenvalue weighted by Gasteiger charge is -2.33. The molecule has 2 saturated heterocycles. The Labute approximate surface area is 158 Å². The summed E-state index contributed by atoms with van der Waals surface area (Å²) < 4.78 is 11.0. The SMILES string of the molecule is O=C(NCC1CCCN(C(=O)COCC2CCCO2)C1)c1cc(Cl)c[nH]1. The number of likely N-dealkylation sites (tertiary alicyclic amines) is 1. The third kappa shape index (κ3) is 5.46. The first-order chi connectivity index (χ1) is 12.6. The number of carbonyl (C=O) groups is 2. The van der Waals surface area contributed by atoms with Gasteiger partial charge in [-0.3, -0.25) is 9.59 Å². The van der Waals surface area contributed by atoms with E-state index in [4.69, 9.17) is 21.1 Å². The Kier molecular flexibility index (Phi) is 6.93. The molecule has 1 aromatic heterocycles. The molecule has 2 unspecified atom stereocenters. The van der Waals surface area contributed by atoms with Gasteiger partial charge in [-0.2, -0.15) is 0 Å². The highest BCUT2D eigenvalue weighted by Gasteiger charge is 2.25. The Balaban J connectivity index is 1.37. The number of aromatic nitrogens is 1. The number of piperidine rings is 1. The van der Waals surface area contributed by atoms with Gasteiger partial charge in [0, 0.05) is 32.4 Å². The van der Waals surface area contributed by atoms with Gasteiger partial charge in [0.1, 0.15) is 12.3 Å². The minimum absolute atomic E-state index is 0.00942. The zero-order chi connectivity index (χ0) is 18.4. The highest BCUT2D eigenvalue weighted by molar-refractivity contribution is 6.30. The minimum atomic E-state index is -0.180. The fourth-order valence-electron chi connectivity index (χ4n) is 3.43. The highest BCUT2D eigenvalue weighted by atomic mass is 35.5. The molecule has 3 rings (SSSR count). The van der Waals surface area contributed by atoms with Gasteiger partial charge >= 0.3 is 0 Å². The zero-order valence-electron chi connectivity index (χ0n) is 14.8. The summed E-state index contributed by atoms with van der Waals surface area (Å²) in [5, 5.41) is 3.41. The summed E-state index contributed by atoms with van der Waals surface area (Å²) in [6.07, 6.45) is 5.71. The van der Waals surface area contributed by atoms with Crippen LogP contribution in [0.4, 0.5) is 0 Å². The number of rotatable bonds is 7. The number of nitrogens with zero attached hydrogens (tertiary/aromatic N) is 1. The second-order valence-corrected chi connectivity index (χ2v) is 7.38. The molecular weight excluding hydrogens is 358 g/mol. The van der Waals surface area contributed by atoms with Gasteiger partial charge in [-0.15, -0.1) is 0 Å². The van der Waals surface area contributed by atoms with Crippen molar-refractivity contribution >= 4 is 23.4 Å². The summed E-state index contributed by atoms with van der Waals surface area (Å²) in [5.41, 5.74) is 0.446. The monoisotopic (exact) mass is 383 g/mol. The van der Waals surface area contributed by atoms with Crippen LogP contribution >= 0.6 is 11.6 Å². The van der Waals surface area contributed by atoms with Crippen LogP contribution in [0, 0.1) is 5.92 Å². The lowest BCUT2D eigenvalue weighted by molar-refractivity contribution is -0.139. The molecule has 7 nitrogen and oxygen atoms in total. The molecule has 2 amide bonds. The smallest absolute Gasteiger partial charge is 0.267 e. The third-order valence-corrected chi connectivity index (χ3v) is 5.09. The fourth-order valence-corrected chi connectivity index (χ4v) is 3.60. The fraction of sp³-hybridized carbons (Fsp3) is 0.667. The lowest BCUT2D eigenvalue weighted by atomic mass is 9.98. The largest absolute Gasteiger partial charge is 0.376 e. The minimum Gasteiger partial charge on any atom is -0.376 e. The van der Waals surface area contributed by atoms with Crippen LogP contribution < -0.4 is 5.32 Å². The Morgan fingerprint density at radius 1 is 1.38 bits per heavy atom. The van der Waals surface area contributed by atoms with Gasteiger partial charge in [0.25, 0.3) is 5.91 Å². The van der Waals surface area contributed by atoms with Crippen molar-refractivity contribution in [3.8, 4) is 0 Å². The first-order valence-electron chi connectivity index (χ1n) is 9.21. The second-order valence-electron chi connectivity index (χ2n) is 6.94. The van der Waals surface area contributed by atoms with E-state index in [-0.39, 0.29) is 30.4 Å². The highest BCUT2D eigenvalue weighted by Crippen LogP contribution is 2.17. The predicted molar refractivity (Wildman–Crippen MR) is 97.2 cm³/mol. The number of halogens is 1. The van der Waals surface area contributed by atoms with Crippen LogP contribution in [-0.4, -0.2) is 67.3 Å². The number of hydrogen-bond donors (Lipinski definition) is 2. The molecule has 26 heavy (non-hydrogen) atoms. The van der Waals surface area contributed by atoms with Crippen molar-refractivity contribution in [3.63, 3.8) is 0 Å². The van der Waals surface area contributed by atoms with Gasteiger partial charge < -0.3 is 24.7 Å². The van der Waals surface area contributed by atoms with Crippen LogP contribution in [-0.2, 0) is 14.3 Å². The van der Waals surface area contributed by atoms with Crippen molar-refractivity contribution in [3.05, 3.63) is 23.0 Å². The van der Waals surface area contributed by atoms with E-state index in [0.717, 1.165) is 38.8 Å². The number of nitrogens with one attached hydrogen (secondary N) is 2.